The van der Waals surface area contributed by atoms with E-state index in [1.807, 2.05) is 37.3 Å². The second-order valence-corrected chi connectivity index (χ2v) is 6.06. The third-order valence-electron chi connectivity index (χ3n) is 4.18. The van der Waals surface area contributed by atoms with Crippen LogP contribution in [0.2, 0.25) is 0 Å². The molecule has 146 valence electrons. The van der Waals surface area contributed by atoms with Gasteiger partial charge in [0.25, 0.3) is 0 Å². The Balaban J connectivity index is 0.00000364. The first kappa shape index (κ1) is 22.5. The molecule has 0 fully saturated rings. The minimum Gasteiger partial charge on any atom is -0.482 e. The summed E-state index contributed by atoms with van der Waals surface area (Å²) in [6.07, 6.45) is 0. The number of methoxy groups -OCH3 is 1. The number of nitrogens with one attached hydrogen (secondary N) is 1. The average molecular weight is 393 g/mol. The summed E-state index contributed by atoms with van der Waals surface area (Å²) < 4.78 is 9.87. The number of carbonyl (C=O) groups excluding carboxylic acids is 2. The fraction of sp³-hybridized carbons (Fsp3) is 0.300. The second kappa shape index (κ2) is 10.5. The van der Waals surface area contributed by atoms with Gasteiger partial charge in [0.2, 0.25) is 5.91 Å². The van der Waals surface area contributed by atoms with E-state index in [-0.39, 0.29) is 31.0 Å². The van der Waals surface area contributed by atoms with Crippen LogP contribution in [-0.4, -0.2) is 25.6 Å². The highest BCUT2D eigenvalue weighted by atomic mass is 35.5. The van der Waals surface area contributed by atoms with Crippen molar-refractivity contribution in [2.75, 3.05) is 19.0 Å². The standard InChI is InChI=1S/C20H24N2O4.ClH/c1-13-11-16(26-12-18(23)25-3)9-10-17(13)22-20(24)14(2)19(21)15-7-5-4-6-8-15;/h4-11,14,19H,12,21H2,1-3H3,(H,22,24);1H. The zero-order valence-corrected chi connectivity index (χ0v) is 16.4. The van der Waals surface area contributed by atoms with Crippen LogP contribution in [0.25, 0.3) is 0 Å². The molecule has 0 spiro atoms. The number of halogens is 1. The highest BCUT2D eigenvalue weighted by molar-refractivity contribution is 5.93. The summed E-state index contributed by atoms with van der Waals surface area (Å²) in [5, 5.41) is 2.90. The van der Waals surface area contributed by atoms with Gasteiger partial charge in [0, 0.05) is 11.7 Å². The SMILES string of the molecule is COC(=O)COc1ccc(NC(=O)C(C)C(N)c2ccccc2)c(C)c1.Cl. The zero-order chi connectivity index (χ0) is 19.1. The molecule has 1 amide bonds. The lowest BCUT2D eigenvalue weighted by Crippen LogP contribution is -2.30. The molecule has 2 rings (SSSR count). The number of ether oxygens (including phenoxy) is 2. The van der Waals surface area contributed by atoms with E-state index >= 15 is 0 Å². The first-order valence-electron chi connectivity index (χ1n) is 8.34. The molecule has 0 aliphatic rings. The van der Waals surface area contributed by atoms with Gasteiger partial charge >= 0.3 is 5.97 Å². The van der Waals surface area contributed by atoms with Gasteiger partial charge in [-0.2, -0.15) is 0 Å². The number of hydrogen-bond acceptors (Lipinski definition) is 5. The molecule has 2 atom stereocenters. The maximum Gasteiger partial charge on any atom is 0.343 e. The number of rotatable bonds is 7. The molecule has 0 aromatic heterocycles. The molecule has 0 radical (unpaired) electrons. The van der Waals surface area contributed by atoms with Crippen molar-refractivity contribution in [2.45, 2.75) is 19.9 Å². The molecule has 2 unspecified atom stereocenters. The summed E-state index contributed by atoms with van der Waals surface area (Å²) in [6.45, 7) is 3.49. The molecular formula is C20H25ClN2O4. The van der Waals surface area contributed by atoms with Crippen molar-refractivity contribution in [3.63, 3.8) is 0 Å². The van der Waals surface area contributed by atoms with E-state index in [1.165, 1.54) is 7.11 Å². The molecule has 2 aromatic rings. The maximum absolute atomic E-state index is 12.5. The molecule has 2 aromatic carbocycles. The van der Waals surface area contributed by atoms with E-state index in [1.54, 1.807) is 25.1 Å². The molecule has 7 heteroatoms. The van der Waals surface area contributed by atoms with Gasteiger partial charge in [-0.1, -0.05) is 37.3 Å². The predicted molar refractivity (Wildman–Crippen MR) is 107 cm³/mol. The fourth-order valence-electron chi connectivity index (χ4n) is 2.44. The van der Waals surface area contributed by atoms with Crippen LogP contribution < -0.4 is 15.8 Å². The van der Waals surface area contributed by atoms with Crippen LogP contribution >= 0.6 is 12.4 Å². The number of anilines is 1. The smallest absolute Gasteiger partial charge is 0.343 e. The molecular weight excluding hydrogens is 368 g/mol. The Morgan fingerprint density at radius 3 is 2.41 bits per heavy atom. The van der Waals surface area contributed by atoms with Crippen LogP contribution in [0.1, 0.15) is 24.1 Å². The van der Waals surface area contributed by atoms with E-state index in [0.717, 1.165) is 11.1 Å². The Hall–Kier alpha value is -2.57. The molecule has 3 N–H and O–H groups in total. The topological polar surface area (TPSA) is 90.6 Å². The second-order valence-electron chi connectivity index (χ2n) is 6.06. The van der Waals surface area contributed by atoms with Crippen molar-refractivity contribution in [3.8, 4) is 5.75 Å². The van der Waals surface area contributed by atoms with Gasteiger partial charge in [-0.05, 0) is 36.2 Å². The number of amides is 1. The minimum atomic E-state index is -0.455. The fourth-order valence-corrected chi connectivity index (χ4v) is 2.44. The van der Waals surface area contributed by atoms with Crippen LogP contribution in [0.4, 0.5) is 5.69 Å². The molecule has 0 aliphatic carbocycles. The Morgan fingerprint density at radius 2 is 1.81 bits per heavy atom. The minimum absolute atomic E-state index is 0. The summed E-state index contributed by atoms with van der Waals surface area (Å²) in [7, 11) is 1.30. The first-order chi connectivity index (χ1) is 12.4. The molecule has 0 heterocycles. The van der Waals surface area contributed by atoms with Crippen LogP contribution in [0.3, 0.4) is 0 Å². The van der Waals surface area contributed by atoms with Crippen LogP contribution in [0, 0.1) is 12.8 Å². The summed E-state index contributed by atoms with van der Waals surface area (Å²) in [5.41, 5.74) is 8.62. The van der Waals surface area contributed by atoms with Crippen molar-refractivity contribution in [2.24, 2.45) is 11.7 Å². The predicted octanol–water partition coefficient (Wildman–Crippen LogP) is 3.24. The van der Waals surface area contributed by atoms with Crippen molar-refractivity contribution in [1.82, 2.24) is 0 Å². The van der Waals surface area contributed by atoms with Crippen molar-refractivity contribution >= 4 is 30.0 Å². The lowest BCUT2D eigenvalue weighted by molar-refractivity contribution is -0.142. The van der Waals surface area contributed by atoms with Gasteiger partial charge < -0.3 is 20.5 Å². The van der Waals surface area contributed by atoms with Crippen LogP contribution in [-0.2, 0) is 14.3 Å². The molecule has 0 aliphatic heterocycles. The Bertz CT molecular complexity index is 768. The summed E-state index contributed by atoms with van der Waals surface area (Å²) in [4.78, 5) is 23.7. The number of nitrogens with two attached hydrogens (primary N) is 1. The molecule has 27 heavy (non-hydrogen) atoms. The molecule has 0 saturated carbocycles. The molecule has 0 bridgehead atoms. The number of carbonyl (C=O) groups is 2. The third-order valence-corrected chi connectivity index (χ3v) is 4.18. The third kappa shape index (κ3) is 6.27. The van der Waals surface area contributed by atoms with Gasteiger partial charge in [0.15, 0.2) is 6.61 Å². The average Bonchev–Trinajstić information content (AvgIpc) is 2.67. The number of esters is 1. The number of benzene rings is 2. The van der Waals surface area contributed by atoms with E-state index in [0.29, 0.717) is 11.4 Å². The summed E-state index contributed by atoms with van der Waals surface area (Å²) >= 11 is 0. The zero-order valence-electron chi connectivity index (χ0n) is 15.6. The molecule has 6 nitrogen and oxygen atoms in total. The van der Waals surface area contributed by atoms with Crippen molar-refractivity contribution in [1.29, 1.82) is 0 Å². The summed E-state index contributed by atoms with van der Waals surface area (Å²) in [6, 6.07) is 14.3. The number of aryl methyl sites for hydroxylation is 1. The van der Waals surface area contributed by atoms with Crippen LogP contribution in [0.15, 0.2) is 48.5 Å². The van der Waals surface area contributed by atoms with Gasteiger partial charge in [-0.3, -0.25) is 4.79 Å². The Kier molecular flexibility index (Phi) is 8.78. The lowest BCUT2D eigenvalue weighted by atomic mass is 9.94. The normalized spacial score (nSPS) is 12.3. The highest BCUT2D eigenvalue weighted by Gasteiger charge is 2.22. The quantitative estimate of drug-likeness (QED) is 0.706. The van der Waals surface area contributed by atoms with E-state index < -0.39 is 11.9 Å². The Labute approximate surface area is 165 Å². The van der Waals surface area contributed by atoms with E-state index in [9.17, 15) is 9.59 Å². The van der Waals surface area contributed by atoms with Crippen molar-refractivity contribution < 1.29 is 19.1 Å². The lowest BCUT2D eigenvalue weighted by Gasteiger charge is -2.20. The largest absolute Gasteiger partial charge is 0.482 e. The van der Waals surface area contributed by atoms with Gasteiger partial charge in [0.05, 0.1) is 13.0 Å². The van der Waals surface area contributed by atoms with Gasteiger partial charge in [0.1, 0.15) is 5.75 Å². The maximum atomic E-state index is 12.5. The van der Waals surface area contributed by atoms with Gasteiger partial charge in [-0.15, -0.1) is 12.4 Å². The Morgan fingerprint density at radius 1 is 1.15 bits per heavy atom. The van der Waals surface area contributed by atoms with Gasteiger partial charge in [-0.25, -0.2) is 4.79 Å². The van der Waals surface area contributed by atoms with Crippen LogP contribution in [0.5, 0.6) is 5.75 Å². The summed E-state index contributed by atoms with van der Waals surface area (Å²) in [5.74, 6) is -0.483. The van der Waals surface area contributed by atoms with E-state index in [2.05, 4.69) is 10.1 Å². The first-order valence-corrected chi connectivity index (χ1v) is 8.34. The monoisotopic (exact) mass is 392 g/mol. The van der Waals surface area contributed by atoms with E-state index in [4.69, 9.17) is 10.5 Å². The number of hydrogen-bond donors (Lipinski definition) is 2. The molecule has 0 saturated heterocycles. The van der Waals surface area contributed by atoms with Crippen molar-refractivity contribution in [3.05, 3.63) is 59.7 Å². The highest BCUT2D eigenvalue weighted by Crippen LogP contribution is 2.24.